The zero-order valence-corrected chi connectivity index (χ0v) is 82.1. The van der Waals surface area contributed by atoms with Crippen LogP contribution in [0.3, 0.4) is 0 Å². The lowest BCUT2D eigenvalue weighted by atomic mass is 9.97. The van der Waals surface area contributed by atoms with Crippen molar-refractivity contribution in [2.45, 2.75) is 6.92 Å². The molecule has 9 heterocycles. The van der Waals surface area contributed by atoms with Gasteiger partial charge in [0.15, 0.2) is 23.3 Å². The van der Waals surface area contributed by atoms with Gasteiger partial charge >= 0.3 is 0 Å². The molecular weight excluding hydrogens is 1850 g/mol. The average Bonchev–Trinajstić information content (AvgIpc) is 1.55. The predicted octanol–water partition coefficient (Wildman–Crippen LogP) is 36.6. The Balaban J connectivity index is 0.000000111. The van der Waals surface area contributed by atoms with Gasteiger partial charge in [-0.15, -0.1) is 34.0 Å². The summed E-state index contributed by atoms with van der Waals surface area (Å²) in [6.45, 7) is 2.09. The van der Waals surface area contributed by atoms with Crippen LogP contribution in [0.15, 0.2) is 498 Å². The van der Waals surface area contributed by atoms with Crippen molar-refractivity contribution < 1.29 is 0 Å². The normalized spacial score (nSPS) is 11.7. The predicted molar refractivity (Wildman–Crippen MR) is 620 cm³/mol. The smallest absolute Gasteiger partial charge is 0.238 e. The standard InChI is InChI=1S/C50H31N5S.C48H32N4S.C36H23NS/c1-5-15-32(16-6-1)36-24-26-43-41(30-36)45-40(42-23-13-14-28-51-42)31-39-38-29-37(33-17-7-2-8-18-33)25-27-44(38)56-47(39)46(45)55(43)50-53-48(34-19-9-3-10-20-34)52-49(54-50)35-21-11-4-12-22-35;1-2-15-37-30-39-38-28-36(32-18-9-4-10-19-32)25-27-42(38)53-45(39)44-43(37)40-29-35(31-16-7-3-8-17-31)24-26-41(40)52(44)48-50-46(33-20-11-5-12-21-33)49-47(51-48)34-22-13-6-14-23-34;1-4-10-24(11-5-1)26-16-20-33-31(22-26)29-18-19-30-32-23-27(25-12-6-2-7-13-25)17-21-34(32)38-36(30)35(29)37(33)28-14-8-3-9-15-28/h1-31H;2-30H,1H3;1-23H/b;15-2+;. The molecule has 0 bridgehead atoms. The number of thiophene rings is 3. The fourth-order valence-electron chi connectivity index (χ4n) is 21.2. The number of para-hydroxylation sites is 1. The number of hydrogen-bond donors (Lipinski definition) is 0. The molecule has 20 aromatic carbocycles. The van der Waals surface area contributed by atoms with Crippen LogP contribution in [0, 0.1) is 0 Å². The van der Waals surface area contributed by atoms with Crippen molar-refractivity contribution >= 4 is 166 Å². The van der Waals surface area contributed by atoms with Gasteiger partial charge in [-0.25, -0.2) is 9.97 Å². The van der Waals surface area contributed by atoms with E-state index in [0.717, 1.165) is 94.0 Å². The Bertz CT molecular complexity index is 10000. The number of rotatable bonds is 15. The van der Waals surface area contributed by atoms with Gasteiger partial charge in [0, 0.05) is 118 Å². The number of allylic oxidation sites excluding steroid dienone is 1. The van der Waals surface area contributed by atoms with Gasteiger partial charge in [-0.3, -0.25) is 14.1 Å². The third-order valence-corrected chi connectivity index (χ3v) is 31.6. The number of hydrogen-bond acceptors (Lipinski definition) is 10. The lowest BCUT2D eigenvalue weighted by Crippen LogP contribution is -2.06. The fourth-order valence-corrected chi connectivity index (χ4v) is 24.8. The molecule has 0 saturated carbocycles. The van der Waals surface area contributed by atoms with Crippen LogP contribution in [0.4, 0.5) is 0 Å². The van der Waals surface area contributed by atoms with E-state index in [-0.39, 0.29) is 0 Å². The quantitative estimate of drug-likeness (QED) is 0.101. The van der Waals surface area contributed by atoms with E-state index in [0.29, 0.717) is 35.2 Å². The van der Waals surface area contributed by atoms with Gasteiger partial charge < -0.3 is 4.57 Å². The maximum absolute atomic E-state index is 5.30. The first-order chi connectivity index (χ1) is 72.8. The van der Waals surface area contributed by atoms with Crippen LogP contribution in [0.5, 0.6) is 0 Å². The topological polar surface area (TPSA) is 105 Å². The summed E-state index contributed by atoms with van der Waals surface area (Å²) in [6.07, 6.45) is 6.26. The summed E-state index contributed by atoms with van der Waals surface area (Å²) in [6, 6.07) is 172. The van der Waals surface area contributed by atoms with Gasteiger partial charge in [-0.2, -0.15) is 19.9 Å². The van der Waals surface area contributed by atoms with Crippen LogP contribution in [0.25, 0.3) is 273 Å². The highest BCUT2D eigenvalue weighted by Gasteiger charge is 2.30. The van der Waals surface area contributed by atoms with Crippen molar-refractivity contribution in [3.05, 3.63) is 503 Å². The Morgan fingerprint density at radius 3 is 0.878 bits per heavy atom. The van der Waals surface area contributed by atoms with Crippen LogP contribution >= 0.6 is 34.0 Å². The molecule has 0 aliphatic heterocycles. The Morgan fingerprint density at radius 2 is 0.510 bits per heavy atom. The summed E-state index contributed by atoms with van der Waals surface area (Å²) < 4.78 is 14.5. The SMILES string of the molecule is C/C=C/c1cc2c3cc(-c4ccccc4)ccc3sc2c2c1c1cc(-c3ccccc3)ccc1n2-c1nc(-c2ccccc2)nc(-c2ccccc2)n1.c1ccc(-c2ccc3sc4c(cc(-c5ccccn5)c5c6cc(-c7ccccc7)ccc6n(-c6nc(-c7ccccc7)nc(-c7ccccc7)n6)c45)c3c2)cc1.c1ccc(-c2ccc3sc4c(ccc5c6cc(-c7ccccc7)ccc6n(-c6ccccc6)c54)c3c2)cc1. The summed E-state index contributed by atoms with van der Waals surface area (Å²) in [5.74, 6) is 3.65. The summed E-state index contributed by atoms with van der Waals surface area (Å²) in [5.41, 5.74) is 29.2. The van der Waals surface area contributed by atoms with Gasteiger partial charge in [-0.05, 0) is 188 Å². The Hall–Kier alpha value is -18.6. The highest BCUT2D eigenvalue weighted by Crippen LogP contribution is 2.52. The highest BCUT2D eigenvalue weighted by molar-refractivity contribution is 7.27. The zero-order valence-electron chi connectivity index (χ0n) is 79.6. The number of aromatic nitrogens is 10. The van der Waals surface area contributed by atoms with Gasteiger partial charge in [0.05, 0.1) is 52.9 Å². The highest BCUT2D eigenvalue weighted by atomic mass is 32.1. The van der Waals surface area contributed by atoms with Crippen LogP contribution in [0.1, 0.15) is 12.5 Å². The molecular formula is C134H86N10S3. The summed E-state index contributed by atoms with van der Waals surface area (Å²) in [4.78, 5) is 36.2. The van der Waals surface area contributed by atoms with Gasteiger partial charge in [-0.1, -0.05) is 388 Å². The van der Waals surface area contributed by atoms with E-state index < -0.39 is 0 Å². The molecule has 0 aliphatic carbocycles. The molecule has 0 amide bonds. The Morgan fingerprint density at radius 1 is 0.211 bits per heavy atom. The third kappa shape index (κ3) is 15.9. The number of benzene rings is 20. The van der Waals surface area contributed by atoms with Crippen molar-refractivity contribution in [2.24, 2.45) is 0 Å². The fraction of sp³-hybridized carbons (Fsp3) is 0.00746. The molecule has 10 nitrogen and oxygen atoms in total. The first-order valence-electron chi connectivity index (χ1n) is 49.4. The molecule has 29 rings (SSSR count). The van der Waals surface area contributed by atoms with E-state index >= 15 is 0 Å². The molecule has 0 N–H and O–H groups in total. The maximum atomic E-state index is 5.30. The largest absolute Gasteiger partial charge is 0.308 e. The second-order valence-corrected chi connectivity index (χ2v) is 40.0. The van der Waals surface area contributed by atoms with Gasteiger partial charge in [0.1, 0.15) is 0 Å². The van der Waals surface area contributed by atoms with E-state index in [4.69, 9.17) is 34.9 Å². The summed E-state index contributed by atoms with van der Waals surface area (Å²) in [7, 11) is 0. The van der Waals surface area contributed by atoms with E-state index in [2.05, 4.69) is 439 Å². The molecule has 0 spiro atoms. The monoisotopic (exact) mass is 1930 g/mol. The lowest BCUT2D eigenvalue weighted by molar-refractivity contribution is 0.955. The molecule has 13 heteroatoms. The minimum atomic E-state index is 0.562. The molecule has 0 saturated heterocycles. The minimum absolute atomic E-state index is 0.562. The molecule has 147 heavy (non-hydrogen) atoms. The van der Waals surface area contributed by atoms with Crippen molar-refractivity contribution in [2.75, 3.05) is 0 Å². The van der Waals surface area contributed by atoms with Crippen LogP contribution in [0.2, 0.25) is 0 Å². The summed E-state index contributed by atoms with van der Waals surface area (Å²) in [5, 5.41) is 14.6. The van der Waals surface area contributed by atoms with E-state index in [1.165, 1.54) is 143 Å². The van der Waals surface area contributed by atoms with E-state index in [1.54, 1.807) is 0 Å². The van der Waals surface area contributed by atoms with Crippen molar-refractivity contribution in [1.82, 2.24) is 48.6 Å². The third-order valence-electron chi connectivity index (χ3n) is 28.0. The number of fused-ring (bicyclic) bond motifs is 21. The van der Waals surface area contributed by atoms with Crippen molar-refractivity contribution in [1.29, 1.82) is 0 Å². The number of nitrogens with zero attached hydrogens (tertiary/aromatic N) is 10. The van der Waals surface area contributed by atoms with Gasteiger partial charge in [0.2, 0.25) is 11.9 Å². The molecule has 690 valence electrons. The molecule has 29 aromatic rings. The zero-order chi connectivity index (χ0) is 97.4. The van der Waals surface area contributed by atoms with E-state index in [9.17, 15) is 0 Å². The maximum Gasteiger partial charge on any atom is 0.238 e. The van der Waals surface area contributed by atoms with Crippen molar-refractivity contribution in [3.63, 3.8) is 0 Å². The molecule has 0 radical (unpaired) electrons. The van der Waals surface area contributed by atoms with E-state index in [1.807, 2.05) is 119 Å². The van der Waals surface area contributed by atoms with Crippen molar-refractivity contribution in [3.8, 4) is 141 Å². The molecule has 0 aliphatic rings. The second kappa shape index (κ2) is 37.3. The first kappa shape index (κ1) is 87.4. The Labute approximate surface area is 859 Å². The van der Waals surface area contributed by atoms with Gasteiger partial charge in [0.25, 0.3) is 0 Å². The summed E-state index contributed by atoms with van der Waals surface area (Å²) >= 11 is 5.54. The average molecular weight is 1930 g/mol. The Kier molecular flexibility index (Phi) is 22.2. The number of pyridine rings is 1. The molecule has 0 unspecified atom stereocenters. The molecule has 0 fully saturated rings. The second-order valence-electron chi connectivity index (χ2n) is 36.8. The first-order valence-corrected chi connectivity index (χ1v) is 51.9. The van der Waals surface area contributed by atoms with Crippen LogP contribution in [-0.4, -0.2) is 48.6 Å². The lowest BCUT2D eigenvalue weighted by Gasteiger charge is -2.12. The minimum Gasteiger partial charge on any atom is -0.308 e. The molecule has 9 aromatic heterocycles. The van der Waals surface area contributed by atoms with Crippen LogP contribution < -0.4 is 0 Å². The molecule has 0 atom stereocenters. The van der Waals surface area contributed by atoms with Crippen LogP contribution in [-0.2, 0) is 0 Å².